The van der Waals surface area contributed by atoms with Crippen LogP contribution in [0.5, 0.6) is 11.5 Å². The lowest BCUT2D eigenvalue weighted by Gasteiger charge is -2.13. The highest BCUT2D eigenvalue weighted by Gasteiger charge is 2.08. The summed E-state index contributed by atoms with van der Waals surface area (Å²) in [6, 6.07) is 5.79. The summed E-state index contributed by atoms with van der Waals surface area (Å²) in [6.45, 7) is 3.47. The molecule has 2 N–H and O–H groups in total. The topological polar surface area (TPSA) is 62.3 Å². The lowest BCUT2D eigenvalue weighted by Crippen LogP contribution is -2.07. The van der Waals surface area contributed by atoms with Crippen molar-refractivity contribution < 1.29 is 9.47 Å². The van der Waals surface area contributed by atoms with E-state index in [1.807, 2.05) is 35.9 Å². The Balaban J connectivity index is 1.88. The third-order valence-electron chi connectivity index (χ3n) is 3.09. The molecule has 5 heteroatoms. The molecule has 0 aliphatic carbocycles. The molecule has 0 bridgehead atoms. The zero-order chi connectivity index (χ0) is 14.4. The molecule has 0 aliphatic rings. The van der Waals surface area contributed by atoms with Gasteiger partial charge >= 0.3 is 0 Å². The lowest BCUT2D eigenvalue weighted by molar-refractivity contribution is 0.282. The minimum Gasteiger partial charge on any atom is -0.493 e. The first kappa shape index (κ1) is 14.4. The van der Waals surface area contributed by atoms with Crippen LogP contribution in [0.15, 0.2) is 36.9 Å². The van der Waals surface area contributed by atoms with E-state index >= 15 is 0 Å². The van der Waals surface area contributed by atoms with Crippen LogP contribution < -0.4 is 15.2 Å². The molecule has 0 saturated heterocycles. The number of hydrogen-bond donors (Lipinski definition) is 1. The Morgan fingerprint density at radius 2 is 2.20 bits per heavy atom. The quantitative estimate of drug-likeness (QED) is 0.788. The number of imidazole rings is 1. The number of rotatable bonds is 7. The molecular weight excluding hydrogens is 254 g/mol. The zero-order valence-electron chi connectivity index (χ0n) is 12.0. The van der Waals surface area contributed by atoms with Crippen LogP contribution in [0.25, 0.3) is 0 Å². The van der Waals surface area contributed by atoms with E-state index in [-0.39, 0.29) is 6.04 Å². The minimum absolute atomic E-state index is 0.0146. The van der Waals surface area contributed by atoms with Crippen molar-refractivity contribution in [3.05, 3.63) is 42.5 Å². The van der Waals surface area contributed by atoms with E-state index in [2.05, 4.69) is 4.98 Å². The first-order valence-electron chi connectivity index (χ1n) is 6.72. The van der Waals surface area contributed by atoms with E-state index in [4.69, 9.17) is 15.2 Å². The molecule has 0 fully saturated rings. The third kappa shape index (κ3) is 3.74. The number of aromatic nitrogens is 2. The Labute approximate surface area is 119 Å². The summed E-state index contributed by atoms with van der Waals surface area (Å²) in [4.78, 5) is 4.00. The van der Waals surface area contributed by atoms with E-state index in [1.165, 1.54) is 0 Å². The maximum atomic E-state index is 5.86. The lowest BCUT2D eigenvalue weighted by atomic mass is 10.1. The number of aryl methyl sites for hydroxylation is 1. The fourth-order valence-corrected chi connectivity index (χ4v) is 1.93. The van der Waals surface area contributed by atoms with E-state index in [0.29, 0.717) is 6.61 Å². The second kappa shape index (κ2) is 6.96. The van der Waals surface area contributed by atoms with Crippen LogP contribution in [0.1, 0.15) is 24.9 Å². The number of methoxy groups -OCH3 is 1. The van der Waals surface area contributed by atoms with Gasteiger partial charge in [-0.2, -0.15) is 0 Å². The van der Waals surface area contributed by atoms with Gasteiger partial charge in [0.15, 0.2) is 11.5 Å². The van der Waals surface area contributed by atoms with E-state index in [9.17, 15) is 0 Å². The van der Waals surface area contributed by atoms with Gasteiger partial charge < -0.3 is 19.8 Å². The van der Waals surface area contributed by atoms with E-state index in [0.717, 1.165) is 30.0 Å². The molecule has 1 unspecified atom stereocenters. The molecule has 1 heterocycles. The highest BCUT2D eigenvalue weighted by Crippen LogP contribution is 2.29. The molecule has 2 aromatic rings. The average Bonchev–Trinajstić information content (AvgIpc) is 2.96. The minimum atomic E-state index is -0.0146. The SMILES string of the molecule is COc1cc(C(C)N)ccc1OCCCn1ccnc1. The molecule has 5 nitrogen and oxygen atoms in total. The van der Waals surface area contributed by atoms with Gasteiger partial charge in [0.25, 0.3) is 0 Å². The van der Waals surface area contributed by atoms with Crippen LogP contribution in [0.2, 0.25) is 0 Å². The van der Waals surface area contributed by atoms with Crippen molar-refractivity contribution in [2.45, 2.75) is 25.9 Å². The van der Waals surface area contributed by atoms with Crippen molar-refractivity contribution in [3.63, 3.8) is 0 Å². The molecular formula is C15H21N3O2. The van der Waals surface area contributed by atoms with E-state index in [1.54, 1.807) is 19.6 Å². The Morgan fingerprint density at radius 3 is 2.85 bits per heavy atom. The smallest absolute Gasteiger partial charge is 0.161 e. The van der Waals surface area contributed by atoms with Gasteiger partial charge in [0.05, 0.1) is 20.0 Å². The van der Waals surface area contributed by atoms with Crippen molar-refractivity contribution in [1.82, 2.24) is 9.55 Å². The molecule has 0 spiro atoms. The molecule has 108 valence electrons. The van der Waals surface area contributed by atoms with Crippen LogP contribution in [-0.4, -0.2) is 23.3 Å². The summed E-state index contributed by atoms with van der Waals surface area (Å²) < 4.78 is 13.1. The molecule has 20 heavy (non-hydrogen) atoms. The van der Waals surface area contributed by atoms with Gasteiger partial charge in [-0.05, 0) is 31.0 Å². The monoisotopic (exact) mass is 275 g/mol. The van der Waals surface area contributed by atoms with Gasteiger partial charge in [-0.15, -0.1) is 0 Å². The summed E-state index contributed by atoms with van der Waals surface area (Å²) in [6.07, 6.45) is 6.43. The second-order valence-electron chi connectivity index (χ2n) is 4.70. The molecule has 1 atom stereocenters. The predicted molar refractivity (Wildman–Crippen MR) is 77.9 cm³/mol. The first-order valence-corrected chi connectivity index (χ1v) is 6.72. The number of benzene rings is 1. The summed E-state index contributed by atoms with van der Waals surface area (Å²) in [7, 11) is 1.64. The molecule has 0 aliphatic heterocycles. The summed E-state index contributed by atoms with van der Waals surface area (Å²) >= 11 is 0. The number of nitrogens with zero attached hydrogens (tertiary/aromatic N) is 2. The van der Waals surface area contributed by atoms with Gasteiger partial charge in [-0.3, -0.25) is 0 Å². The van der Waals surface area contributed by atoms with Crippen LogP contribution in [0.4, 0.5) is 0 Å². The third-order valence-corrected chi connectivity index (χ3v) is 3.09. The highest BCUT2D eigenvalue weighted by atomic mass is 16.5. The normalized spacial score (nSPS) is 12.2. The largest absolute Gasteiger partial charge is 0.493 e. The van der Waals surface area contributed by atoms with Crippen LogP contribution in [0, 0.1) is 0 Å². The van der Waals surface area contributed by atoms with Crippen LogP contribution >= 0.6 is 0 Å². The number of hydrogen-bond acceptors (Lipinski definition) is 4. The predicted octanol–water partition coefficient (Wildman–Crippen LogP) is 2.38. The molecule has 2 rings (SSSR count). The average molecular weight is 275 g/mol. The van der Waals surface area contributed by atoms with Gasteiger partial charge in [0.1, 0.15) is 0 Å². The van der Waals surface area contributed by atoms with Crippen molar-refractivity contribution in [2.24, 2.45) is 5.73 Å². The maximum Gasteiger partial charge on any atom is 0.161 e. The maximum absolute atomic E-state index is 5.86. The van der Waals surface area contributed by atoms with Gasteiger partial charge in [-0.25, -0.2) is 4.98 Å². The van der Waals surface area contributed by atoms with Crippen molar-refractivity contribution in [1.29, 1.82) is 0 Å². The summed E-state index contributed by atoms with van der Waals surface area (Å²) in [5.41, 5.74) is 6.89. The fourth-order valence-electron chi connectivity index (χ4n) is 1.93. The Hall–Kier alpha value is -2.01. The Bertz CT molecular complexity index is 524. The fraction of sp³-hybridized carbons (Fsp3) is 0.400. The van der Waals surface area contributed by atoms with Crippen molar-refractivity contribution in [2.75, 3.05) is 13.7 Å². The highest BCUT2D eigenvalue weighted by molar-refractivity contribution is 5.43. The molecule has 0 amide bonds. The van der Waals surface area contributed by atoms with Gasteiger partial charge in [-0.1, -0.05) is 6.07 Å². The van der Waals surface area contributed by atoms with Crippen molar-refractivity contribution in [3.8, 4) is 11.5 Å². The molecule has 0 saturated carbocycles. The van der Waals surface area contributed by atoms with Crippen LogP contribution in [0.3, 0.4) is 0 Å². The van der Waals surface area contributed by atoms with Gasteiger partial charge in [0, 0.05) is 25.0 Å². The molecule has 0 radical (unpaired) electrons. The standard InChI is InChI=1S/C15H21N3O2/c1-12(16)13-4-5-14(15(10-13)19-2)20-9-3-7-18-8-6-17-11-18/h4-6,8,10-12H,3,7,9,16H2,1-2H3. The molecule has 1 aromatic heterocycles. The zero-order valence-corrected chi connectivity index (χ0v) is 12.0. The summed E-state index contributed by atoms with van der Waals surface area (Å²) in [5.74, 6) is 1.48. The summed E-state index contributed by atoms with van der Waals surface area (Å²) in [5, 5.41) is 0. The first-order chi connectivity index (χ1) is 9.70. The Kier molecular flexibility index (Phi) is 5.01. The van der Waals surface area contributed by atoms with E-state index < -0.39 is 0 Å². The van der Waals surface area contributed by atoms with Crippen molar-refractivity contribution >= 4 is 0 Å². The number of nitrogens with two attached hydrogens (primary N) is 1. The second-order valence-corrected chi connectivity index (χ2v) is 4.70. The Morgan fingerprint density at radius 1 is 1.35 bits per heavy atom. The van der Waals surface area contributed by atoms with Gasteiger partial charge in [0.2, 0.25) is 0 Å². The molecule has 1 aromatic carbocycles. The number of ether oxygens (including phenoxy) is 2. The van der Waals surface area contributed by atoms with Crippen LogP contribution in [-0.2, 0) is 6.54 Å².